The molecule has 1 atom stereocenters. The highest BCUT2D eigenvalue weighted by molar-refractivity contribution is 4.86. The van der Waals surface area contributed by atoms with E-state index in [1.54, 1.807) is 0 Å². The average Bonchev–Trinajstić information content (AvgIpc) is 2.50. The SMILES string of the molecule is CC1(O)CCN(CC2CCC(C)(C)O2)CC1. The molecule has 2 fully saturated rings. The minimum absolute atomic E-state index is 0.0753. The van der Waals surface area contributed by atoms with Crippen molar-refractivity contribution in [1.29, 1.82) is 0 Å². The van der Waals surface area contributed by atoms with Crippen LogP contribution in [0.5, 0.6) is 0 Å². The maximum Gasteiger partial charge on any atom is 0.0710 e. The summed E-state index contributed by atoms with van der Waals surface area (Å²) in [5.41, 5.74) is -0.363. The molecule has 0 aromatic carbocycles. The van der Waals surface area contributed by atoms with Gasteiger partial charge in [-0.25, -0.2) is 0 Å². The fourth-order valence-corrected chi connectivity index (χ4v) is 2.71. The van der Waals surface area contributed by atoms with Gasteiger partial charge < -0.3 is 14.7 Å². The van der Waals surface area contributed by atoms with E-state index in [4.69, 9.17) is 4.74 Å². The monoisotopic (exact) mass is 227 g/mol. The van der Waals surface area contributed by atoms with E-state index in [1.807, 2.05) is 6.92 Å². The molecule has 1 unspecified atom stereocenters. The summed E-state index contributed by atoms with van der Waals surface area (Å²) >= 11 is 0. The highest BCUT2D eigenvalue weighted by atomic mass is 16.5. The molecule has 0 aromatic heterocycles. The Labute approximate surface area is 98.8 Å². The van der Waals surface area contributed by atoms with Crippen LogP contribution in [-0.4, -0.2) is 46.9 Å². The Balaban J connectivity index is 1.76. The number of nitrogens with zero attached hydrogens (tertiary/aromatic N) is 1. The van der Waals surface area contributed by atoms with Crippen molar-refractivity contribution in [3.8, 4) is 0 Å². The molecule has 3 heteroatoms. The molecule has 2 aliphatic rings. The second-order valence-electron chi connectivity index (χ2n) is 6.34. The number of hydrogen-bond acceptors (Lipinski definition) is 3. The van der Waals surface area contributed by atoms with Gasteiger partial charge in [0, 0.05) is 19.6 Å². The zero-order valence-electron chi connectivity index (χ0n) is 10.8. The fraction of sp³-hybridized carbons (Fsp3) is 1.00. The molecule has 0 aromatic rings. The lowest BCUT2D eigenvalue weighted by Gasteiger charge is -2.37. The highest BCUT2D eigenvalue weighted by Crippen LogP contribution is 2.30. The molecule has 2 saturated heterocycles. The largest absolute Gasteiger partial charge is 0.390 e. The molecule has 1 N–H and O–H groups in total. The third-order valence-corrected chi connectivity index (χ3v) is 3.95. The van der Waals surface area contributed by atoms with Gasteiger partial charge in [0.2, 0.25) is 0 Å². The van der Waals surface area contributed by atoms with Crippen LogP contribution in [0, 0.1) is 0 Å². The van der Waals surface area contributed by atoms with Crippen molar-refractivity contribution < 1.29 is 9.84 Å². The van der Waals surface area contributed by atoms with E-state index in [2.05, 4.69) is 18.7 Å². The molecule has 2 heterocycles. The third kappa shape index (κ3) is 3.19. The van der Waals surface area contributed by atoms with Gasteiger partial charge in [-0.3, -0.25) is 0 Å². The first kappa shape index (κ1) is 12.3. The fourth-order valence-electron chi connectivity index (χ4n) is 2.71. The summed E-state index contributed by atoms with van der Waals surface area (Å²) in [6, 6.07) is 0. The maximum atomic E-state index is 9.88. The van der Waals surface area contributed by atoms with Crippen LogP contribution in [0.1, 0.15) is 46.5 Å². The number of ether oxygens (including phenoxy) is 1. The van der Waals surface area contributed by atoms with Gasteiger partial charge in [-0.05, 0) is 46.5 Å². The van der Waals surface area contributed by atoms with Crippen molar-refractivity contribution in [3.05, 3.63) is 0 Å². The van der Waals surface area contributed by atoms with Gasteiger partial charge in [0.15, 0.2) is 0 Å². The van der Waals surface area contributed by atoms with E-state index in [-0.39, 0.29) is 5.60 Å². The van der Waals surface area contributed by atoms with E-state index < -0.39 is 5.60 Å². The van der Waals surface area contributed by atoms with Crippen LogP contribution in [0.15, 0.2) is 0 Å². The molecule has 0 radical (unpaired) electrons. The number of hydrogen-bond donors (Lipinski definition) is 1. The normalized spacial score (nSPS) is 34.1. The lowest BCUT2D eigenvalue weighted by molar-refractivity contribution is -0.0488. The second-order valence-corrected chi connectivity index (χ2v) is 6.34. The summed E-state index contributed by atoms with van der Waals surface area (Å²) in [6.45, 7) is 9.35. The minimum Gasteiger partial charge on any atom is -0.390 e. The van der Waals surface area contributed by atoms with Crippen molar-refractivity contribution in [2.24, 2.45) is 0 Å². The van der Waals surface area contributed by atoms with Gasteiger partial charge in [-0.1, -0.05) is 0 Å². The molecule has 3 nitrogen and oxygen atoms in total. The Hall–Kier alpha value is -0.120. The third-order valence-electron chi connectivity index (χ3n) is 3.95. The summed E-state index contributed by atoms with van der Waals surface area (Å²) < 4.78 is 6.00. The van der Waals surface area contributed by atoms with Crippen LogP contribution in [0.4, 0.5) is 0 Å². The number of aliphatic hydroxyl groups is 1. The molecule has 0 amide bonds. The average molecular weight is 227 g/mol. The van der Waals surface area contributed by atoms with Crippen molar-refractivity contribution in [3.63, 3.8) is 0 Å². The van der Waals surface area contributed by atoms with Gasteiger partial charge in [-0.15, -0.1) is 0 Å². The van der Waals surface area contributed by atoms with E-state index in [0.717, 1.165) is 32.5 Å². The first-order chi connectivity index (χ1) is 7.36. The van der Waals surface area contributed by atoms with Gasteiger partial charge >= 0.3 is 0 Å². The molecule has 16 heavy (non-hydrogen) atoms. The van der Waals surface area contributed by atoms with Gasteiger partial charge in [-0.2, -0.15) is 0 Å². The van der Waals surface area contributed by atoms with E-state index in [1.165, 1.54) is 12.8 Å². The lowest BCUT2D eigenvalue weighted by Crippen LogP contribution is -2.45. The minimum atomic E-state index is -0.438. The second kappa shape index (κ2) is 4.28. The molecule has 0 saturated carbocycles. The molecule has 2 rings (SSSR count). The van der Waals surface area contributed by atoms with Gasteiger partial charge in [0.1, 0.15) is 0 Å². The summed E-state index contributed by atoms with van der Waals surface area (Å²) in [5.74, 6) is 0. The van der Waals surface area contributed by atoms with E-state index in [9.17, 15) is 5.11 Å². The van der Waals surface area contributed by atoms with Crippen LogP contribution in [0.3, 0.4) is 0 Å². The number of likely N-dealkylation sites (tertiary alicyclic amines) is 1. The zero-order chi connectivity index (χ0) is 11.8. The van der Waals surface area contributed by atoms with Crippen molar-refractivity contribution in [2.45, 2.75) is 63.8 Å². The maximum absolute atomic E-state index is 9.88. The van der Waals surface area contributed by atoms with Crippen LogP contribution in [0.25, 0.3) is 0 Å². The van der Waals surface area contributed by atoms with Crippen LogP contribution in [0.2, 0.25) is 0 Å². The summed E-state index contributed by atoms with van der Waals surface area (Å²) in [6.07, 6.45) is 4.54. The Morgan fingerprint density at radius 3 is 2.31 bits per heavy atom. The van der Waals surface area contributed by atoms with Crippen LogP contribution in [-0.2, 0) is 4.74 Å². The van der Waals surface area contributed by atoms with Gasteiger partial charge in [0.25, 0.3) is 0 Å². The Morgan fingerprint density at radius 2 is 1.81 bits per heavy atom. The van der Waals surface area contributed by atoms with Crippen molar-refractivity contribution in [1.82, 2.24) is 4.90 Å². The van der Waals surface area contributed by atoms with Crippen molar-refractivity contribution >= 4 is 0 Å². The molecular formula is C13H25NO2. The number of rotatable bonds is 2. The summed E-state index contributed by atoms with van der Waals surface area (Å²) in [5, 5.41) is 9.88. The molecular weight excluding hydrogens is 202 g/mol. The van der Waals surface area contributed by atoms with E-state index in [0.29, 0.717) is 6.10 Å². The Morgan fingerprint density at radius 1 is 1.19 bits per heavy atom. The molecule has 2 aliphatic heterocycles. The molecule has 0 spiro atoms. The zero-order valence-corrected chi connectivity index (χ0v) is 10.8. The van der Waals surface area contributed by atoms with Gasteiger partial charge in [0.05, 0.1) is 17.3 Å². The summed E-state index contributed by atoms with van der Waals surface area (Å²) in [7, 11) is 0. The predicted molar refractivity (Wildman–Crippen MR) is 64.5 cm³/mol. The number of piperidine rings is 1. The molecule has 0 bridgehead atoms. The quantitative estimate of drug-likeness (QED) is 0.780. The lowest BCUT2D eigenvalue weighted by atomic mass is 9.93. The van der Waals surface area contributed by atoms with Crippen molar-refractivity contribution in [2.75, 3.05) is 19.6 Å². The first-order valence-electron chi connectivity index (χ1n) is 6.49. The molecule has 94 valence electrons. The molecule has 0 aliphatic carbocycles. The Bertz CT molecular complexity index is 240. The first-order valence-corrected chi connectivity index (χ1v) is 6.49. The Kier molecular flexibility index (Phi) is 3.30. The standard InChI is InChI=1S/C13H25NO2/c1-12(2)5-4-11(16-12)10-14-8-6-13(3,15)7-9-14/h11,15H,4-10H2,1-3H3. The summed E-state index contributed by atoms with van der Waals surface area (Å²) in [4.78, 5) is 2.43. The predicted octanol–water partition coefficient (Wildman–Crippen LogP) is 1.79. The van der Waals surface area contributed by atoms with E-state index >= 15 is 0 Å². The van der Waals surface area contributed by atoms with Crippen LogP contribution < -0.4 is 0 Å². The smallest absolute Gasteiger partial charge is 0.0710 e. The van der Waals surface area contributed by atoms with Crippen LogP contribution >= 0.6 is 0 Å². The highest BCUT2D eigenvalue weighted by Gasteiger charge is 2.34. The topological polar surface area (TPSA) is 32.7 Å².